The number of phenols is 1. The molecule has 35 nitrogen and oxygen atoms in total. The molecule has 9 amide bonds. The number of aliphatic hydroxyl groups excluding tert-OH is 6. The van der Waals surface area contributed by atoms with Crippen molar-refractivity contribution in [3.63, 3.8) is 0 Å². The van der Waals surface area contributed by atoms with Gasteiger partial charge in [0.2, 0.25) is 65.1 Å². The third-order valence-corrected chi connectivity index (χ3v) is 24.9. The molecule has 0 spiro atoms. The highest BCUT2D eigenvalue weighted by atomic mass is 35.5. The van der Waals surface area contributed by atoms with Gasteiger partial charge in [-0.05, 0) is 207 Å². The molecule has 0 radical (unpaired) electrons. The fourth-order valence-electron chi connectivity index (χ4n) is 18.6. The number of hydrogen-bond acceptors (Lipinski definition) is 27. The predicted octanol–water partition coefficient (Wildman–Crippen LogP) is 1.88. The van der Waals surface area contributed by atoms with Crippen molar-refractivity contribution >= 4 is 64.8 Å². The van der Waals surface area contributed by atoms with E-state index in [1.807, 2.05) is 13.8 Å². The van der Waals surface area contributed by atoms with Crippen molar-refractivity contribution in [1.29, 1.82) is 0 Å². The van der Waals surface area contributed by atoms with Gasteiger partial charge in [0.1, 0.15) is 89.8 Å². The number of likely N-dealkylation sites (N-methyl/N-ethyl adjacent to an activating group) is 1. The lowest BCUT2D eigenvalue weighted by Crippen LogP contribution is -2.64. The Morgan fingerprint density at radius 2 is 1.34 bits per heavy atom. The summed E-state index contributed by atoms with van der Waals surface area (Å²) in [6, 6.07) is 8.08. The van der Waals surface area contributed by atoms with Crippen LogP contribution in [0.1, 0.15) is 159 Å². The standard InChI is InChI=1S/C85H97ClN10O25/c1-34(2)19-53(88-5)76(106)95-67-69(101)41-12-18-55(52(86)26-41)118-57-28-44-27-56(72(57)121-83-73(71(103)70(102)58(33-97)119-83)120-60-32-84(4,87)74(104)35(3)116-60)117-47-15-7-38(8-16-47)68(100)66-82(112)94-65(80(110)91-62-42-21-36-20-37(23-42)24-43(62)22-36)49-29-45(98)30-51-61(49)48-25-40(11-17-50(48)85(51,113)114)63(78(108)96-66)93-79(109)64(44)92-77(107)54(89-81(67)111)31-59(99)90-75(105)39-9-13-46(115-6)14-10-39/h7-18,25-30,34-37,42-43,53-54,58,60,62-71,73-74,83,88,97-98,100-104,113-114H,19-24,31-33,87H2,1-6H3,(H,89,111)(H,91,110)(H,92,107)(H,93,109)(H,94,112)(H,95,106)(H,96,108)(H,90,99,105)/t35-,36?,37?,42?,43?,53+,54-,58+,60-,62?,63+,64+,65-,66-,67+,68+,69+,70+,71-,73+,74+,83-,84-/m0/s1. The molecule has 0 unspecified atom stereocenters. The highest BCUT2D eigenvalue weighted by Gasteiger charge is 2.54. The molecule has 18 atom stereocenters. The fourth-order valence-corrected chi connectivity index (χ4v) is 18.8. The number of fused-ring (bicyclic) bond motifs is 12. The van der Waals surface area contributed by atoms with E-state index in [9.17, 15) is 60.3 Å². The highest BCUT2D eigenvalue weighted by Crippen LogP contribution is 2.56. The van der Waals surface area contributed by atoms with E-state index >= 15 is 28.8 Å². The average molecular weight is 1690 g/mol. The summed E-state index contributed by atoms with van der Waals surface area (Å²) in [5.74, 6) is -15.1. The monoisotopic (exact) mass is 1690 g/mol. The molecule has 4 saturated carbocycles. The lowest BCUT2D eigenvalue weighted by Gasteiger charge is -2.54. The van der Waals surface area contributed by atoms with Crippen molar-refractivity contribution in [1.82, 2.24) is 47.9 Å². The maximum Gasteiger partial charge on any atom is 0.257 e. The lowest BCUT2D eigenvalue weighted by molar-refractivity contribution is -0.333. The van der Waals surface area contributed by atoms with Crippen LogP contribution < -0.4 is 72.5 Å². The number of hydrogen-bond donors (Lipinski definition) is 19. The Hall–Kier alpha value is -10.5. The molecule has 6 fully saturated rings. The number of methoxy groups -OCH3 is 1. The normalized spacial score (nSPS) is 31.6. The Bertz CT molecular complexity index is 5030. The zero-order chi connectivity index (χ0) is 86.3. The Balaban J connectivity index is 0.921. The van der Waals surface area contributed by atoms with Crippen LogP contribution in [-0.2, 0) is 58.4 Å². The number of amides is 9. The maximum atomic E-state index is 16.6. The Morgan fingerprint density at radius 3 is 1.99 bits per heavy atom. The maximum absolute atomic E-state index is 16.6. The van der Waals surface area contributed by atoms with Crippen LogP contribution >= 0.6 is 11.6 Å². The number of phenolic OH excluding ortho intramolecular Hbond substituents is 1. The summed E-state index contributed by atoms with van der Waals surface area (Å²) in [6.07, 6.45) is -14.1. The topological polar surface area (TPSA) is 535 Å². The smallest absolute Gasteiger partial charge is 0.257 e. The Labute approximate surface area is 698 Å². The first-order chi connectivity index (χ1) is 57.6. The van der Waals surface area contributed by atoms with E-state index in [0.29, 0.717) is 17.6 Å². The number of halogens is 1. The number of nitrogens with one attached hydrogen (secondary N) is 9. The third-order valence-electron chi connectivity index (χ3n) is 24.6. The number of aromatic hydroxyl groups is 1. The van der Waals surface area contributed by atoms with Gasteiger partial charge in [0, 0.05) is 34.7 Å². The molecule has 121 heavy (non-hydrogen) atoms. The van der Waals surface area contributed by atoms with Crippen molar-refractivity contribution in [2.45, 2.75) is 200 Å². The molecule has 6 aromatic rings. The molecule has 15 bridgehead atoms. The lowest BCUT2D eigenvalue weighted by atomic mass is 9.54. The predicted molar refractivity (Wildman–Crippen MR) is 424 cm³/mol. The molecule has 644 valence electrons. The summed E-state index contributed by atoms with van der Waals surface area (Å²) in [7, 11) is 2.86. The minimum absolute atomic E-state index is 0.0812. The first kappa shape index (κ1) is 85.5. The van der Waals surface area contributed by atoms with Gasteiger partial charge in [0.15, 0.2) is 23.9 Å². The van der Waals surface area contributed by atoms with Gasteiger partial charge in [-0.1, -0.05) is 55.8 Å². The van der Waals surface area contributed by atoms with E-state index in [2.05, 4.69) is 47.9 Å². The number of nitrogens with two attached hydrogens (primary N) is 1. The SMILES string of the molecule is CN[C@H](CC(C)C)C(=O)N[C@H]1C(=O)N[C@@H](CC(=O)NC(=O)c2ccc(OC)cc2)C(=O)N[C@H]2C(=O)N[C@H]3C(=O)N[C@H](C(=O)N[C@H](C(=O)NC4C5CC6CC(C5)CC4C6)c4cc(O)cc5c4-c4cc3ccc4C5(O)O)[C@H](O)c3ccc(cc3)Oc3cc2cc(c3O[C@@H]2O[C@H](CO)[C@@H](O)[C@H](O)[C@H]2O[C@H]2C[C@](C)(N)[C@H](O)[C@H](C)O2)Oc2ccc(cc2Cl)[C@H]1O. The number of ether oxygens (including phenoxy) is 7. The first-order valence-corrected chi connectivity index (χ1v) is 40.6. The van der Waals surface area contributed by atoms with E-state index in [-0.39, 0.29) is 103 Å². The summed E-state index contributed by atoms with van der Waals surface area (Å²) in [5.41, 5.74) is 3.18. The van der Waals surface area contributed by atoms with Crippen LogP contribution in [0.3, 0.4) is 0 Å². The van der Waals surface area contributed by atoms with Gasteiger partial charge < -0.3 is 127 Å². The largest absolute Gasteiger partial charge is 0.508 e. The highest BCUT2D eigenvalue weighted by molar-refractivity contribution is 6.32. The van der Waals surface area contributed by atoms with E-state index in [1.165, 1.54) is 113 Å². The molecular weight excluding hydrogens is 1600 g/mol. The zero-order valence-corrected chi connectivity index (χ0v) is 67.3. The molecule has 2 saturated heterocycles. The molecule has 0 aromatic heterocycles. The molecule has 12 aliphatic rings. The van der Waals surface area contributed by atoms with Crippen molar-refractivity contribution in [2.75, 3.05) is 20.8 Å². The number of benzene rings is 6. The minimum atomic E-state index is -2.98. The summed E-state index contributed by atoms with van der Waals surface area (Å²) >= 11 is 7.21. The van der Waals surface area contributed by atoms with Crippen LogP contribution in [0, 0.1) is 29.6 Å². The van der Waals surface area contributed by atoms with Crippen LogP contribution in [0.4, 0.5) is 0 Å². The van der Waals surface area contributed by atoms with Crippen LogP contribution in [-0.4, -0.2) is 205 Å². The number of carbonyl (C=O) groups excluding carboxylic acids is 9. The number of rotatable bonds is 16. The molecule has 7 heterocycles. The van der Waals surface area contributed by atoms with Gasteiger partial charge >= 0.3 is 0 Å². The van der Waals surface area contributed by atoms with Crippen molar-refractivity contribution in [2.24, 2.45) is 35.3 Å². The molecular formula is C85H97ClN10O25. The summed E-state index contributed by atoms with van der Waals surface area (Å²) in [4.78, 5) is 139. The van der Waals surface area contributed by atoms with Crippen LogP contribution in [0.15, 0.2) is 109 Å². The van der Waals surface area contributed by atoms with Gasteiger partial charge in [-0.2, -0.15) is 0 Å². The quantitative estimate of drug-likeness (QED) is 0.0615. The van der Waals surface area contributed by atoms with Gasteiger partial charge in [0.05, 0.1) is 43.4 Å². The summed E-state index contributed by atoms with van der Waals surface area (Å²) < 4.78 is 44.3. The van der Waals surface area contributed by atoms with Gasteiger partial charge in [-0.15, -0.1) is 0 Å². The molecule has 5 aliphatic carbocycles. The zero-order valence-electron chi connectivity index (χ0n) is 66.5. The van der Waals surface area contributed by atoms with Crippen molar-refractivity contribution in [3.8, 4) is 51.4 Å². The van der Waals surface area contributed by atoms with E-state index in [0.717, 1.165) is 56.4 Å². The number of aliphatic hydroxyl groups is 8. The second kappa shape index (κ2) is 34.1. The minimum Gasteiger partial charge on any atom is -0.508 e. The van der Waals surface area contributed by atoms with Crippen LogP contribution in [0.2, 0.25) is 5.02 Å². The summed E-state index contributed by atoms with van der Waals surface area (Å²) in [6.45, 7) is 5.72. The molecule has 7 aliphatic heterocycles. The van der Waals surface area contributed by atoms with E-state index in [4.69, 9.17) is 50.5 Å². The number of imide groups is 1. The molecule has 18 rings (SSSR count). The van der Waals surface area contributed by atoms with Crippen LogP contribution in [0.25, 0.3) is 11.1 Å². The van der Waals surface area contributed by atoms with E-state index < -0.39 is 210 Å². The number of carbonyl (C=O) groups is 9. The van der Waals surface area contributed by atoms with Crippen molar-refractivity contribution in [3.05, 3.63) is 159 Å². The fraction of sp³-hybridized carbons (Fsp3) is 0.471. The van der Waals surface area contributed by atoms with Crippen LogP contribution in [0.5, 0.6) is 40.2 Å². The summed E-state index contributed by atoms with van der Waals surface area (Å²) in [5, 5.41) is 131. The second-order valence-corrected chi connectivity index (χ2v) is 34.0. The van der Waals surface area contributed by atoms with E-state index in [1.54, 1.807) is 0 Å². The first-order valence-electron chi connectivity index (χ1n) is 40.2. The van der Waals surface area contributed by atoms with Gasteiger partial charge in [-0.25, -0.2) is 0 Å². The Kier molecular flexibility index (Phi) is 24.1. The van der Waals surface area contributed by atoms with Gasteiger partial charge in [0.25, 0.3) is 5.91 Å². The molecule has 36 heteroatoms. The Morgan fingerprint density at radius 1 is 0.686 bits per heavy atom. The molecule has 20 N–H and O–H groups in total. The van der Waals surface area contributed by atoms with Crippen molar-refractivity contribution < 1.29 is 122 Å². The van der Waals surface area contributed by atoms with Gasteiger partial charge in [-0.3, -0.25) is 48.5 Å². The average Bonchev–Trinajstić information content (AvgIpc) is 1.57. The molecule has 6 aromatic carbocycles. The third kappa shape index (κ3) is 17.0. The second-order valence-electron chi connectivity index (χ2n) is 33.6.